The molecule has 266 valence electrons. The fourth-order valence-electron chi connectivity index (χ4n) is 5.43. The first-order chi connectivity index (χ1) is 23.3. The van der Waals surface area contributed by atoms with Gasteiger partial charge in [0.2, 0.25) is 10.0 Å². The van der Waals surface area contributed by atoms with Crippen molar-refractivity contribution in [1.82, 2.24) is 9.21 Å². The van der Waals surface area contributed by atoms with Crippen LogP contribution in [0.3, 0.4) is 0 Å². The molecule has 0 fully saturated rings. The molecule has 3 aromatic rings. The molecule has 11 nitrogen and oxygen atoms in total. The van der Waals surface area contributed by atoms with Crippen molar-refractivity contribution in [2.24, 2.45) is 5.92 Å². The zero-order valence-electron chi connectivity index (χ0n) is 28.1. The van der Waals surface area contributed by atoms with E-state index in [4.69, 9.17) is 9.47 Å². The predicted molar refractivity (Wildman–Crippen MR) is 182 cm³/mol. The van der Waals surface area contributed by atoms with Crippen molar-refractivity contribution in [3.8, 4) is 5.75 Å². The fourth-order valence-corrected chi connectivity index (χ4v) is 6.61. The van der Waals surface area contributed by atoms with Crippen LogP contribution >= 0.6 is 0 Å². The highest BCUT2D eigenvalue weighted by atomic mass is 32.2. The third kappa shape index (κ3) is 10.2. The number of halogens is 2. The standard InChI is InChI=1S/C35H44F2N4O7S/c1-23-20-41(24(2)22-42)34(43)31-19-29(39-35(44)38-28-12-8-26(36)9-13-28)14-17-32(31)48-25(3)7-5-6-18-47-33(23)21-40(4)49(45,46)30-15-10-27(37)11-16-30/h8-17,19,23-25,33,42H,5-7,18,20-22H2,1-4H3,(H2,38,39,44)/t23-,24+,25-,33-/m1/s1. The predicted octanol–water partition coefficient (Wildman–Crippen LogP) is 5.73. The van der Waals surface area contributed by atoms with Crippen LogP contribution < -0.4 is 15.4 Å². The van der Waals surface area contributed by atoms with Crippen LogP contribution in [0.5, 0.6) is 5.75 Å². The molecule has 0 spiro atoms. The number of benzene rings is 3. The van der Waals surface area contributed by atoms with Crippen molar-refractivity contribution in [2.45, 2.75) is 63.2 Å². The van der Waals surface area contributed by atoms with Gasteiger partial charge in [0.1, 0.15) is 17.4 Å². The van der Waals surface area contributed by atoms with Crippen molar-refractivity contribution < 1.29 is 41.4 Å². The van der Waals surface area contributed by atoms with Gasteiger partial charge in [0.25, 0.3) is 5.91 Å². The number of aliphatic hydroxyl groups is 1. The van der Waals surface area contributed by atoms with Crippen LogP contribution in [-0.2, 0) is 14.8 Å². The Morgan fingerprint density at radius 3 is 2.27 bits per heavy atom. The topological polar surface area (TPSA) is 138 Å². The number of aliphatic hydroxyl groups excluding tert-OH is 1. The van der Waals surface area contributed by atoms with Crippen LogP contribution in [0.4, 0.5) is 25.0 Å². The molecule has 1 aliphatic heterocycles. The maximum atomic E-state index is 14.3. The Balaban J connectivity index is 1.62. The SMILES string of the molecule is C[C@@H]1CCCCO[C@H](CN(C)S(=O)(=O)c2ccc(F)cc2)[C@H](C)CN([C@@H](C)CO)C(=O)c2cc(NC(=O)Nc3ccc(F)cc3)ccc2O1. The van der Waals surface area contributed by atoms with E-state index in [2.05, 4.69) is 10.6 Å². The third-order valence-corrected chi connectivity index (χ3v) is 10.2. The van der Waals surface area contributed by atoms with Gasteiger partial charge in [0, 0.05) is 44.0 Å². The van der Waals surface area contributed by atoms with Crippen LogP contribution in [0.2, 0.25) is 0 Å². The van der Waals surface area contributed by atoms with E-state index in [1.165, 1.54) is 54.4 Å². The van der Waals surface area contributed by atoms with Crippen molar-refractivity contribution in [3.63, 3.8) is 0 Å². The minimum atomic E-state index is -3.98. The number of nitrogens with zero attached hydrogens (tertiary/aromatic N) is 2. The number of hydrogen-bond donors (Lipinski definition) is 3. The molecule has 1 aliphatic rings. The number of fused-ring (bicyclic) bond motifs is 1. The second-order valence-corrected chi connectivity index (χ2v) is 14.4. The molecule has 0 saturated heterocycles. The second-order valence-electron chi connectivity index (χ2n) is 12.3. The molecular formula is C35H44F2N4O7S. The maximum absolute atomic E-state index is 14.3. The van der Waals surface area contributed by atoms with E-state index >= 15 is 0 Å². The number of hydrogen-bond acceptors (Lipinski definition) is 7. The Labute approximate surface area is 286 Å². The monoisotopic (exact) mass is 702 g/mol. The molecule has 4 rings (SSSR count). The number of ether oxygens (including phenoxy) is 2. The number of carbonyl (C=O) groups is 2. The molecule has 14 heteroatoms. The van der Waals surface area contributed by atoms with E-state index in [1.54, 1.807) is 19.1 Å². The molecule has 0 radical (unpaired) electrons. The Hall–Kier alpha value is -4.11. The summed E-state index contributed by atoms with van der Waals surface area (Å²) in [7, 11) is -2.55. The number of nitrogens with one attached hydrogen (secondary N) is 2. The number of urea groups is 1. The van der Waals surface area contributed by atoms with Crippen molar-refractivity contribution in [3.05, 3.63) is 83.9 Å². The van der Waals surface area contributed by atoms with Gasteiger partial charge in [-0.3, -0.25) is 4.79 Å². The lowest BCUT2D eigenvalue weighted by Gasteiger charge is -2.35. The highest BCUT2D eigenvalue weighted by molar-refractivity contribution is 7.89. The highest BCUT2D eigenvalue weighted by Crippen LogP contribution is 2.29. The summed E-state index contributed by atoms with van der Waals surface area (Å²) >= 11 is 0. The van der Waals surface area contributed by atoms with Gasteiger partial charge < -0.3 is 30.1 Å². The Morgan fingerprint density at radius 1 is 1.00 bits per heavy atom. The first-order valence-electron chi connectivity index (χ1n) is 16.2. The van der Waals surface area contributed by atoms with Gasteiger partial charge in [0.05, 0.1) is 35.3 Å². The molecule has 0 bridgehead atoms. The lowest BCUT2D eigenvalue weighted by molar-refractivity contribution is -0.00834. The maximum Gasteiger partial charge on any atom is 0.323 e. The quantitative estimate of drug-likeness (QED) is 0.273. The normalized spacial score (nSPS) is 20.1. The molecule has 3 amide bonds. The Bertz CT molecular complexity index is 1680. The van der Waals surface area contributed by atoms with E-state index in [-0.39, 0.29) is 36.3 Å². The average Bonchev–Trinajstić information content (AvgIpc) is 3.07. The molecule has 4 atom stereocenters. The zero-order valence-corrected chi connectivity index (χ0v) is 28.9. The zero-order chi connectivity index (χ0) is 35.7. The molecule has 0 unspecified atom stereocenters. The van der Waals surface area contributed by atoms with Crippen LogP contribution in [-0.4, -0.2) is 86.3 Å². The molecule has 3 N–H and O–H groups in total. The smallest absolute Gasteiger partial charge is 0.323 e. The Kier molecular flexibility index (Phi) is 13.1. The number of sulfonamides is 1. The summed E-state index contributed by atoms with van der Waals surface area (Å²) < 4.78 is 67.1. The third-order valence-electron chi connectivity index (χ3n) is 8.37. The number of amides is 3. The van der Waals surface area contributed by atoms with Crippen LogP contribution in [0.25, 0.3) is 0 Å². The number of likely N-dealkylation sites (N-methyl/N-ethyl adjacent to an activating group) is 1. The van der Waals surface area contributed by atoms with Gasteiger partial charge in [-0.2, -0.15) is 4.31 Å². The first-order valence-corrected chi connectivity index (χ1v) is 17.6. The largest absolute Gasteiger partial charge is 0.490 e. The number of rotatable bonds is 8. The molecule has 0 aromatic heterocycles. The molecular weight excluding hydrogens is 658 g/mol. The average molecular weight is 703 g/mol. The van der Waals surface area contributed by atoms with E-state index in [1.807, 2.05) is 13.8 Å². The van der Waals surface area contributed by atoms with Gasteiger partial charge in [0.15, 0.2) is 0 Å². The number of carbonyl (C=O) groups excluding carboxylic acids is 2. The van der Waals surface area contributed by atoms with Crippen LogP contribution in [0.1, 0.15) is 50.4 Å². The lowest BCUT2D eigenvalue weighted by Crippen LogP contribution is -2.48. The molecule has 49 heavy (non-hydrogen) atoms. The highest BCUT2D eigenvalue weighted by Gasteiger charge is 2.32. The molecule has 3 aromatic carbocycles. The molecule has 1 heterocycles. The van der Waals surface area contributed by atoms with E-state index in [0.717, 1.165) is 22.9 Å². The lowest BCUT2D eigenvalue weighted by atomic mass is 10.0. The van der Waals surface area contributed by atoms with Crippen LogP contribution in [0.15, 0.2) is 71.6 Å². The van der Waals surface area contributed by atoms with Gasteiger partial charge in [-0.1, -0.05) is 6.92 Å². The fraction of sp³-hybridized carbons (Fsp3) is 0.429. The van der Waals surface area contributed by atoms with Crippen molar-refractivity contribution in [1.29, 1.82) is 0 Å². The summed E-state index contributed by atoms with van der Waals surface area (Å²) in [6, 6.07) is 13.3. The van der Waals surface area contributed by atoms with Gasteiger partial charge in [-0.15, -0.1) is 0 Å². The first kappa shape index (κ1) is 37.7. The van der Waals surface area contributed by atoms with Crippen molar-refractivity contribution >= 4 is 33.3 Å². The van der Waals surface area contributed by atoms with E-state index in [0.29, 0.717) is 36.6 Å². The summed E-state index contributed by atoms with van der Waals surface area (Å²) in [6.45, 7) is 5.47. The second kappa shape index (κ2) is 17.0. The summed E-state index contributed by atoms with van der Waals surface area (Å²) in [5.74, 6) is -1.57. The summed E-state index contributed by atoms with van der Waals surface area (Å²) in [5, 5.41) is 15.5. The molecule has 0 aliphatic carbocycles. The summed E-state index contributed by atoms with van der Waals surface area (Å²) in [6.07, 6.45) is 1.15. The summed E-state index contributed by atoms with van der Waals surface area (Å²) in [5.41, 5.74) is 0.822. The van der Waals surface area contributed by atoms with E-state index < -0.39 is 51.7 Å². The number of anilines is 2. The van der Waals surface area contributed by atoms with E-state index in [9.17, 15) is 31.9 Å². The minimum absolute atomic E-state index is 0.0379. The Morgan fingerprint density at radius 2 is 1.61 bits per heavy atom. The summed E-state index contributed by atoms with van der Waals surface area (Å²) in [4.78, 5) is 28.5. The van der Waals surface area contributed by atoms with Gasteiger partial charge in [-0.05, 0) is 99.8 Å². The minimum Gasteiger partial charge on any atom is -0.490 e. The van der Waals surface area contributed by atoms with Gasteiger partial charge >= 0.3 is 6.03 Å². The molecule has 0 saturated carbocycles. The van der Waals surface area contributed by atoms with Gasteiger partial charge in [-0.25, -0.2) is 22.0 Å². The van der Waals surface area contributed by atoms with Crippen molar-refractivity contribution in [2.75, 3.05) is 44.0 Å². The van der Waals surface area contributed by atoms with Crippen LogP contribution in [0, 0.1) is 17.6 Å².